The standard InChI is InChI=1S/C6H14BrN3O2S/c1-13(11,12)10-6(8)2-4-9-5-3-7/h9H,2-5H2,1H3,(H2,8,10). The molecule has 0 fully saturated rings. The minimum absolute atomic E-state index is 0.143. The molecular formula is C6H14BrN3O2S. The number of sulfonamides is 1. The van der Waals surface area contributed by atoms with Gasteiger partial charge in [-0.3, -0.25) is 0 Å². The van der Waals surface area contributed by atoms with Crippen molar-refractivity contribution in [1.82, 2.24) is 5.32 Å². The van der Waals surface area contributed by atoms with Crippen LogP contribution in [0.4, 0.5) is 0 Å². The van der Waals surface area contributed by atoms with Gasteiger partial charge in [0.15, 0.2) is 0 Å². The molecule has 0 aliphatic carbocycles. The zero-order valence-corrected chi connectivity index (χ0v) is 9.86. The topological polar surface area (TPSA) is 84.5 Å². The Bertz CT molecular complexity index is 263. The van der Waals surface area contributed by atoms with Crippen molar-refractivity contribution in [3.63, 3.8) is 0 Å². The van der Waals surface area contributed by atoms with Crippen molar-refractivity contribution in [3.05, 3.63) is 0 Å². The Labute approximate surface area is 87.0 Å². The summed E-state index contributed by atoms with van der Waals surface area (Å²) in [6.07, 6.45) is 1.46. The van der Waals surface area contributed by atoms with Crippen molar-refractivity contribution in [1.29, 1.82) is 0 Å². The van der Waals surface area contributed by atoms with Crippen LogP contribution in [0.25, 0.3) is 0 Å². The summed E-state index contributed by atoms with van der Waals surface area (Å²) < 4.78 is 24.6. The molecule has 0 aromatic rings. The van der Waals surface area contributed by atoms with Gasteiger partial charge in [0.2, 0.25) is 0 Å². The Morgan fingerprint density at radius 2 is 2.15 bits per heavy atom. The Morgan fingerprint density at radius 1 is 1.54 bits per heavy atom. The van der Waals surface area contributed by atoms with E-state index in [-0.39, 0.29) is 5.84 Å². The summed E-state index contributed by atoms with van der Waals surface area (Å²) in [6.45, 7) is 1.46. The van der Waals surface area contributed by atoms with E-state index in [1.807, 2.05) is 0 Å². The molecule has 0 rings (SSSR count). The van der Waals surface area contributed by atoms with Gasteiger partial charge in [-0.25, -0.2) is 8.42 Å². The summed E-state index contributed by atoms with van der Waals surface area (Å²) in [4.78, 5) is 0. The molecule has 0 atom stereocenters. The highest BCUT2D eigenvalue weighted by Gasteiger charge is 1.99. The highest BCUT2D eigenvalue weighted by atomic mass is 79.9. The van der Waals surface area contributed by atoms with Crippen molar-refractivity contribution >= 4 is 31.8 Å². The number of hydrogen-bond acceptors (Lipinski definition) is 3. The van der Waals surface area contributed by atoms with E-state index >= 15 is 0 Å². The monoisotopic (exact) mass is 271 g/mol. The average molecular weight is 272 g/mol. The first-order valence-electron chi connectivity index (χ1n) is 3.76. The quantitative estimate of drug-likeness (QED) is 0.300. The third kappa shape index (κ3) is 9.78. The first kappa shape index (κ1) is 12.9. The predicted octanol–water partition coefficient (Wildman–Crippen LogP) is -0.322. The second-order valence-electron chi connectivity index (χ2n) is 2.50. The molecule has 0 aliphatic rings. The SMILES string of the molecule is CS(=O)(=O)N=C(N)CCNCCBr. The van der Waals surface area contributed by atoms with Crippen LogP contribution in [0.3, 0.4) is 0 Å². The van der Waals surface area contributed by atoms with Crippen molar-refractivity contribution in [2.75, 3.05) is 24.7 Å². The molecule has 0 radical (unpaired) electrons. The van der Waals surface area contributed by atoms with Crippen molar-refractivity contribution in [3.8, 4) is 0 Å². The first-order chi connectivity index (χ1) is 5.95. The molecule has 0 unspecified atom stereocenters. The predicted molar refractivity (Wildman–Crippen MR) is 57.7 cm³/mol. The summed E-state index contributed by atoms with van der Waals surface area (Å²) >= 11 is 3.25. The summed E-state index contributed by atoms with van der Waals surface area (Å²) in [6, 6.07) is 0. The van der Waals surface area contributed by atoms with Gasteiger partial charge in [-0.15, -0.1) is 0 Å². The van der Waals surface area contributed by atoms with Crippen LogP contribution in [0.2, 0.25) is 0 Å². The molecule has 0 heterocycles. The summed E-state index contributed by atoms with van der Waals surface area (Å²) in [5.74, 6) is 0.143. The third-order valence-corrected chi connectivity index (χ3v) is 2.07. The molecule has 0 aliphatic heterocycles. The van der Waals surface area contributed by atoms with Gasteiger partial charge in [-0.05, 0) is 0 Å². The lowest BCUT2D eigenvalue weighted by Crippen LogP contribution is -2.24. The van der Waals surface area contributed by atoms with Gasteiger partial charge in [0.1, 0.15) is 5.84 Å². The maximum Gasteiger partial charge on any atom is 0.251 e. The van der Waals surface area contributed by atoms with Crippen LogP contribution in [0.15, 0.2) is 4.40 Å². The molecule has 0 saturated carbocycles. The molecular weight excluding hydrogens is 258 g/mol. The maximum atomic E-state index is 10.6. The van der Waals surface area contributed by atoms with E-state index in [9.17, 15) is 8.42 Å². The molecule has 0 amide bonds. The van der Waals surface area contributed by atoms with E-state index < -0.39 is 10.0 Å². The largest absolute Gasteiger partial charge is 0.386 e. The van der Waals surface area contributed by atoms with E-state index in [4.69, 9.17) is 5.73 Å². The van der Waals surface area contributed by atoms with E-state index in [1.54, 1.807) is 0 Å². The Balaban J connectivity index is 3.75. The molecule has 13 heavy (non-hydrogen) atoms. The zero-order chi connectivity index (χ0) is 10.3. The number of halogens is 1. The van der Waals surface area contributed by atoms with Crippen LogP contribution in [0, 0.1) is 0 Å². The van der Waals surface area contributed by atoms with Crippen LogP contribution in [-0.4, -0.2) is 38.9 Å². The second kappa shape index (κ2) is 6.33. The van der Waals surface area contributed by atoms with Gasteiger partial charge in [0, 0.05) is 24.8 Å². The Kier molecular flexibility index (Phi) is 6.27. The number of nitrogens with zero attached hydrogens (tertiary/aromatic N) is 1. The minimum atomic E-state index is -3.34. The van der Waals surface area contributed by atoms with Crippen LogP contribution in [0.5, 0.6) is 0 Å². The molecule has 0 aromatic heterocycles. The molecule has 3 N–H and O–H groups in total. The zero-order valence-electron chi connectivity index (χ0n) is 7.46. The second-order valence-corrected chi connectivity index (χ2v) is 4.95. The fourth-order valence-electron chi connectivity index (χ4n) is 0.667. The van der Waals surface area contributed by atoms with Crippen LogP contribution in [-0.2, 0) is 10.0 Å². The molecule has 0 saturated heterocycles. The molecule has 0 bridgehead atoms. The van der Waals surface area contributed by atoms with Gasteiger partial charge < -0.3 is 11.1 Å². The fourth-order valence-corrected chi connectivity index (χ4v) is 1.46. The van der Waals surface area contributed by atoms with Crippen molar-refractivity contribution in [2.24, 2.45) is 10.1 Å². The van der Waals surface area contributed by atoms with Gasteiger partial charge in [-0.1, -0.05) is 15.9 Å². The maximum absolute atomic E-state index is 10.6. The first-order valence-corrected chi connectivity index (χ1v) is 6.73. The van der Waals surface area contributed by atoms with Gasteiger partial charge in [-0.2, -0.15) is 4.40 Å². The van der Waals surface area contributed by atoms with Gasteiger partial charge >= 0.3 is 0 Å². The smallest absolute Gasteiger partial charge is 0.251 e. The lowest BCUT2D eigenvalue weighted by Gasteiger charge is -2.01. The molecule has 5 nitrogen and oxygen atoms in total. The number of nitrogens with one attached hydrogen (secondary N) is 1. The molecule has 78 valence electrons. The molecule has 7 heteroatoms. The summed E-state index contributed by atoms with van der Waals surface area (Å²) in [5.41, 5.74) is 5.36. The number of rotatable bonds is 6. The van der Waals surface area contributed by atoms with Crippen molar-refractivity contribution < 1.29 is 8.42 Å². The fraction of sp³-hybridized carbons (Fsp3) is 0.833. The van der Waals surface area contributed by atoms with Crippen molar-refractivity contribution in [2.45, 2.75) is 6.42 Å². The van der Waals surface area contributed by atoms with Crippen LogP contribution < -0.4 is 11.1 Å². The lowest BCUT2D eigenvalue weighted by molar-refractivity contribution is 0.603. The third-order valence-electron chi connectivity index (χ3n) is 1.11. The summed E-state index contributed by atoms with van der Waals surface area (Å²) in [7, 11) is -3.34. The van der Waals surface area contributed by atoms with E-state index in [0.717, 1.165) is 18.1 Å². The van der Waals surface area contributed by atoms with Crippen LogP contribution >= 0.6 is 15.9 Å². The average Bonchev–Trinajstić information content (AvgIpc) is 1.94. The van der Waals surface area contributed by atoms with E-state index in [1.165, 1.54) is 0 Å². The van der Waals surface area contributed by atoms with Crippen LogP contribution in [0.1, 0.15) is 6.42 Å². The number of nitrogens with two attached hydrogens (primary N) is 1. The van der Waals surface area contributed by atoms with Gasteiger partial charge in [0.05, 0.1) is 6.26 Å². The van der Waals surface area contributed by atoms with E-state index in [2.05, 4.69) is 25.6 Å². The van der Waals surface area contributed by atoms with Gasteiger partial charge in [0.25, 0.3) is 10.0 Å². The Hall–Kier alpha value is -0.140. The lowest BCUT2D eigenvalue weighted by atomic mass is 10.4. The molecule has 0 aromatic carbocycles. The summed E-state index contributed by atoms with van der Waals surface area (Å²) in [5, 5.41) is 3.91. The minimum Gasteiger partial charge on any atom is -0.386 e. The normalized spacial score (nSPS) is 13.2. The highest BCUT2D eigenvalue weighted by Crippen LogP contribution is 1.87. The number of amidine groups is 1. The van der Waals surface area contributed by atoms with E-state index in [0.29, 0.717) is 13.0 Å². The Morgan fingerprint density at radius 3 is 2.62 bits per heavy atom. The molecule has 0 spiro atoms. The highest BCUT2D eigenvalue weighted by molar-refractivity contribution is 9.09. The number of alkyl halides is 1. The number of hydrogen-bond donors (Lipinski definition) is 2.